The third-order valence-corrected chi connectivity index (χ3v) is 4.23. The maximum atomic E-state index is 12.8. The van der Waals surface area contributed by atoms with Gasteiger partial charge in [-0.1, -0.05) is 27.7 Å². The standard InChI is InChI=1S/C15H26N4O/c1-10(2)13-11(8-18(5)17-13)14(20)19-7-6-12(16)15(3,4)9-19/h8,10,12H,6-7,9,16H2,1-5H3. The van der Waals surface area contributed by atoms with E-state index < -0.39 is 0 Å². The largest absolute Gasteiger partial charge is 0.338 e. The molecule has 0 spiro atoms. The second-order valence-corrected chi connectivity index (χ2v) is 6.87. The highest BCUT2D eigenvalue weighted by atomic mass is 16.2. The van der Waals surface area contributed by atoms with Crippen molar-refractivity contribution in [2.24, 2.45) is 18.2 Å². The second-order valence-electron chi connectivity index (χ2n) is 6.87. The summed E-state index contributed by atoms with van der Waals surface area (Å²) in [4.78, 5) is 14.7. The molecule has 112 valence electrons. The van der Waals surface area contributed by atoms with Crippen molar-refractivity contribution in [2.75, 3.05) is 13.1 Å². The fourth-order valence-corrected chi connectivity index (χ4v) is 2.81. The first-order valence-electron chi connectivity index (χ1n) is 7.31. The third-order valence-electron chi connectivity index (χ3n) is 4.23. The van der Waals surface area contributed by atoms with Gasteiger partial charge in [-0.3, -0.25) is 9.48 Å². The molecule has 1 saturated heterocycles. The Bertz CT molecular complexity index is 504. The number of hydrogen-bond acceptors (Lipinski definition) is 3. The zero-order valence-electron chi connectivity index (χ0n) is 13.2. The van der Waals surface area contributed by atoms with Gasteiger partial charge in [0.05, 0.1) is 11.3 Å². The lowest BCUT2D eigenvalue weighted by molar-refractivity contribution is 0.0531. The summed E-state index contributed by atoms with van der Waals surface area (Å²) in [5.74, 6) is 0.331. The molecule has 5 heteroatoms. The molecule has 2 rings (SSSR count). The van der Waals surface area contributed by atoms with E-state index >= 15 is 0 Å². The Labute approximate surface area is 121 Å². The summed E-state index contributed by atoms with van der Waals surface area (Å²) in [5.41, 5.74) is 7.72. The normalized spacial score (nSPS) is 22.4. The third kappa shape index (κ3) is 2.73. The van der Waals surface area contributed by atoms with Crippen molar-refractivity contribution in [2.45, 2.75) is 46.1 Å². The summed E-state index contributed by atoms with van der Waals surface area (Å²) < 4.78 is 1.73. The number of piperidine rings is 1. The van der Waals surface area contributed by atoms with E-state index in [0.29, 0.717) is 6.54 Å². The number of carbonyl (C=O) groups is 1. The molecule has 1 aliphatic heterocycles. The zero-order valence-corrected chi connectivity index (χ0v) is 13.2. The molecule has 1 aliphatic rings. The molecule has 1 atom stereocenters. The Balaban J connectivity index is 2.24. The Kier molecular flexibility index (Phi) is 3.91. The summed E-state index contributed by atoms with van der Waals surface area (Å²) in [6.45, 7) is 9.83. The molecular formula is C15H26N4O. The monoisotopic (exact) mass is 278 g/mol. The van der Waals surface area contributed by atoms with Crippen molar-refractivity contribution >= 4 is 5.91 Å². The van der Waals surface area contributed by atoms with E-state index in [9.17, 15) is 4.79 Å². The van der Waals surface area contributed by atoms with Crippen LogP contribution in [0.1, 0.15) is 56.1 Å². The van der Waals surface area contributed by atoms with Gasteiger partial charge in [-0.2, -0.15) is 5.10 Å². The molecule has 1 fully saturated rings. The van der Waals surface area contributed by atoms with Crippen LogP contribution in [0.4, 0.5) is 0 Å². The Hall–Kier alpha value is -1.36. The predicted molar refractivity (Wildman–Crippen MR) is 79.6 cm³/mol. The summed E-state index contributed by atoms with van der Waals surface area (Å²) in [6, 6.07) is 0.157. The van der Waals surface area contributed by atoms with Gasteiger partial charge in [0.1, 0.15) is 0 Å². The van der Waals surface area contributed by atoms with Gasteiger partial charge in [-0.05, 0) is 17.8 Å². The van der Waals surface area contributed by atoms with Crippen LogP contribution in [0, 0.1) is 5.41 Å². The highest BCUT2D eigenvalue weighted by molar-refractivity contribution is 5.95. The predicted octanol–water partition coefficient (Wildman–Crippen LogP) is 1.74. The zero-order chi connectivity index (χ0) is 15.1. The van der Waals surface area contributed by atoms with E-state index in [1.54, 1.807) is 4.68 Å². The van der Waals surface area contributed by atoms with Crippen molar-refractivity contribution < 1.29 is 4.79 Å². The number of nitrogens with two attached hydrogens (primary N) is 1. The van der Waals surface area contributed by atoms with Gasteiger partial charge in [-0.15, -0.1) is 0 Å². The minimum Gasteiger partial charge on any atom is -0.338 e. The molecule has 0 aliphatic carbocycles. The van der Waals surface area contributed by atoms with Crippen LogP contribution >= 0.6 is 0 Å². The van der Waals surface area contributed by atoms with Crippen molar-refractivity contribution in [3.63, 3.8) is 0 Å². The topological polar surface area (TPSA) is 64.2 Å². The fourth-order valence-electron chi connectivity index (χ4n) is 2.81. The maximum absolute atomic E-state index is 12.8. The SMILES string of the molecule is CC(C)c1nn(C)cc1C(=O)N1CCC(N)C(C)(C)C1. The first-order chi connectivity index (χ1) is 9.22. The molecule has 2 N–H and O–H groups in total. The molecule has 20 heavy (non-hydrogen) atoms. The van der Waals surface area contributed by atoms with E-state index in [0.717, 1.165) is 24.2 Å². The van der Waals surface area contributed by atoms with Gasteiger partial charge >= 0.3 is 0 Å². The molecule has 2 heterocycles. The summed E-state index contributed by atoms with van der Waals surface area (Å²) in [5, 5.41) is 4.42. The number of likely N-dealkylation sites (tertiary alicyclic amines) is 1. The van der Waals surface area contributed by atoms with Crippen molar-refractivity contribution in [1.82, 2.24) is 14.7 Å². The number of nitrogens with zero attached hydrogens (tertiary/aromatic N) is 3. The van der Waals surface area contributed by atoms with Gasteiger partial charge in [-0.25, -0.2) is 0 Å². The number of aryl methyl sites for hydroxylation is 1. The van der Waals surface area contributed by atoms with E-state index in [4.69, 9.17) is 5.73 Å². The minimum atomic E-state index is -0.0336. The fraction of sp³-hybridized carbons (Fsp3) is 0.733. The molecule has 0 bridgehead atoms. The minimum absolute atomic E-state index is 0.0336. The molecule has 1 unspecified atom stereocenters. The van der Waals surface area contributed by atoms with Gasteiger partial charge in [0.15, 0.2) is 0 Å². The Morgan fingerprint density at radius 3 is 2.70 bits per heavy atom. The number of amides is 1. The summed E-state index contributed by atoms with van der Waals surface area (Å²) >= 11 is 0. The number of aromatic nitrogens is 2. The van der Waals surface area contributed by atoms with E-state index in [2.05, 4.69) is 32.8 Å². The summed E-state index contributed by atoms with van der Waals surface area (Å²) in [7, 11) is 1.86. The van der Waals surface area contributed by atoms with E-state index in [1.807, 2.05) is 18.1 Å². The quantitative estimate of drug-likeness (QED) is 0.896. The average Bonchev–Trinajstić information content (AvgIpc) is 2.74. The van der Waals surface area contributed by atoms with E-state index in [1.165, 1.54) is 0 Å². The van der Waals surface area contributed by atoms with Crippen molar-refractivity contribution in [3.05, 3.63) is 17.5 Å². The lowest BCUT2D eigenvalue weighted by atomic mass is 9.79. The smallest absolute Gasteiger partial charge is 0.257 e. The van der Waals surface area contributed by atoms with Crippen LogP contribution in [-0.2, 0) is 7.05 Å². The van der Waals surface area contributed by atoms with Crippen LogP contribution in [0.3, 0.4) is 0 Å². The van der Waals surface area contributed by atoms with Gasteiger partial charge in [0.25, 0.3) is 5.91 Å². The number of carbonyl (C=O) groups excluding carboxylic acids is 1. The molecule has 0 radical (unpaired) electrons. The number of rotatable bonds is 2. The molecule has 1 aromatic heterocycles. The molecule has 5 nitrogen and oxygen atoms in total. The van der Waals surface area contributed by atoms with Crippen LogP contribution in [-0.4, -0.2) is 39.7 Å². The van der Waals surface area contributed by atoms with Gasteiger partial charge in [0, 0.05) is 32.4 Å². The highest BCUT2D eigenvalue weighted by Crippen LogP contribution is 2.29. The second kappa shape index (κ2) is 5.20. The van der Waals surface area contributed by atoms with Crippen LogP contribution < -0.4 is 5.73 Å². The Morgan fingerprint density at radius 2 is 2.15 bits per heavy atom. The van der Waals surface area contributed by atoms with Crippen LogP contribution in [0.15, 0.2) is 6.20 Å². The first kappa shape index (κ1) is 15.0. The molecule has 0 aromatic carbocycles. The average molecular weight is 278 g/mol. The molecule has 0 saturated carbocycles. The molecule has 1 aromatic rings. The Morgan fingerprint density at radius 1 is 1.50 bits per heavy atom. The van der Waals surface area contributed by atoms with Crippen LogP contribution in [0.5, 0.6) is 0 Å². The van der Waals surface area contributed by atoms with Crippen LogP contribution in [0.25, 0.3) is 0 Å². The molecule has 1 amide bonds. The lowest BCUT2D eigenvalue weighted by Gasteiger charge is -2.42. The van der Waals surface area contributed by atoms with Crippen molar-refractivity contribution in [3.8, 4) is 0 Å². The van der Waals surface area contributed by atoms with Gasteiger partial charge in [0.2, 0.25) is 0 Å². The highest BCUT2D eigenvalue weighted by Gasteiger charge is 2.36. The first-order valence-corrected chi connectivity index (χ1v) is 7.31. The van der Waals surface area contributed by atoms with Gasteiger partial charge < -0.3 is 10.6 Å². The molecular weight excluding hydrogens is 252 g/mol. The number of hydrogen-bond donors (Lipinski definition) is 1. The summed E-state index contributed by atoms with van der Waals surface area (Å²) in [6.07, 6.45) is 2.69. The van der Waals surface area contributed by atoms with Crippen molar-refractivity contribution in [1.29, 1.82) is 0 Å². The van der Waals surface area contributed by atoms with Crippen LogP contribution in [0.2, 0.25) is 0 Å². The lowest BCUT2D eigenvalue weighted by Crippen LogP contribution is -2.54. The van der Waals surface area contributed by atoms with E-state index in [-0.39, 0.29) is 23.3 Å². The maximum Gasteiger partial charge on any atom is 0.257 e.